The normalized spacial score (nSPS) is 10.4. The van der Waals surface area contributed by atoms with Crippen LogP contribution < -0.4 is 0 Å². The summed E-state index contributed by atoms with van der Waals surface area (Å²) in [4.78, 5) is 22.0. The molecule has 23 heavy (non-hydrogen) atoms. The van der Waals surface area contributed by atoms with E-state index in [-0.39, 0.29) is 0 Å². The van der Waals surface area contributed by atoms with Crippen LogP contribution in [-0.2, 0) is 15.4 Å². The average molecular weight is 314 g/mol. The highest BCUT2D eigenvalue weighted by Crippen LogP contribution is 2.24. The molecule has 0 atom stereocenters. The lowest BCUT2D eigenvalue weighted by molar-refractivity contribution is -0.312. The van der Waals surface area contributed by atoms with E-state index in [1.165, 1.54) is 12.8 Å². The minimum Gasteiger partial charge on any atom is -0.292 e. The van der Waals surface area contributed by atoms with Gasteiger partial charge in [-0.1, -0.05) is 75.2 Å². The Bertz CT molecular complexity index is 560. The van der Waals surface area contributed by atoms with Crippen molar-refractivity contribution in [1.82, 2.24) is 0 Å². The first-order valence-corrected chi connectivity index (χ1v) is 8.01. The highest BCUT2D eigenvalue weighted by Gasteiger charge is 2.24. The van der Waals surface area contributed by atoms with E-state index in [1.807, 2.05) is 50.2 Å². The smallest absolute Gasteiger partial charge is 0.292 e. The molecule has 0 fully saturated rings. The van der Waals surface area contributed by atoms with E-state index in [2.05, 4.69) is 13.8 Å². The molecule has 2 rings (SSSR count). The van der Waals surface area contributed by atoms with Gasteiger partial charge in [0.2, 0.25) is 0 Å². The molecule has 0 aliphatic heterocycles. The molecular weight excluding hydrogens is 288 g/mol. The number of rotatable bonds is 5. The second-order valence-corrected chi connectivity index (χ2v) is 5.70. The van der Waals surface area contributed by atoms with Crippen LogP contribution in [0.15, 0.2) is 60.7 Å². The number of carbonyl (C=O) groups is 1. The molecule has 124 valence electrons. The van der Waals surface area contributed by atoms with Crippen molar-refractivity contribution in [2.75, 3.05) is 0 Å². The number of hydrogen-bond acceptors (Lipinski definition) is 3. The molecule has 3 heteroatoms. The first kappa shape index (κ1) is 18.9. The van der Waals surface area contributed by atoms with Crippen LogP contribution in [0.1, 0.15) is 56.5 Å². The van der Waals surface area contributed by atoms with Gasteiger partial charge in [-0.15, -0.1) is 0 Å². The van der Waals surface area contributed by atoms with Crippen molar-refractivity contribution in [2.45, 2.75) is 46.1 Å². The first-order chi connectivity index (χ1) is 11.0. The van der Waals surface area contributed by atoms with Crippen LogP contribution in [0.25, 0.3) is 0 Å². The number of benzene rings is 2. The Hall–Kier alpha value is -2.13. The Morgan fingerprint density at radius 3 is 1.83 bits per heavy atom. The molecule has 0 bridgehead atoms. The summed E-state index contributed by atoms with van der Waals surface area (Å²) < 4.78 is 0. The summed E-state index contributed by atoms with van der Waals surface area (Å²) in [7, 11) is 0. The van der Waals surface area contributed by atoms with Gasteiger partial charge in [0.05, 0.1) is 5.56 Å². The van der Waals surface area contributed by atoms with Crippen LogP contribution in [-0.4, -0.2) is 5.97 Å². The molecule has 2 aromatic carbocycles. The monoisotopic (exact) mass is 314 g/mol. The van der Waals surface area contributed by atoms with E-state index in [0.29, 0.717) is 5.56 Å². The fraction of sp³-hybridized carbons (Fsp3) is 0.350. The molecule has 3 nitrogen and oxygen atoms in total. The summed E-state index contributed by atoms with van der Waals surface area (Å²) in [5.74, 6) is -0.496. The zero-order valence-corrected chi connectivity index (χ0v) is 14.4. The highest BCUT2D eigenvalue weighted by molar-refractivity contribution is 5.88. The van der Waals surface area contributed by atoms with Crippen molar-refractivity contribution < 1.29 is 14.6 Å². The van der Waals surface area contributed by atoms with Gasteiger partial charge in [0.15, 0.2) is 0 Å². The summed E-state index contributed by atoms with van der Waals surface area (Å²) in [6.45, 7) is 8.06. The third kappa shape index (κ3) is 6.66. The molecule has 0 saturated carbocycles. The van der Waals surface area contributed by atoms with Crippen molar-refractivity contribution >= 4 is 5.97 Å². The van der Waals surface area contributed by atoms with Crippen molar-refractivity contribution in [3.05, 3.63) is 71.8 Å². The second-order valence-electron chi connectivity index (χ2n) is 5.70. The number of carbonyl (C=O) groups excluding carboxylic acids is 1. The van der Waals surface area contributed by atoms with Crippen LogP contribution >= 0.6 is 0 Å². The fourth-order valence-electron chi connectivity index (χ4n) is 1.65. The van der Waals surface area contributed by atoms with Crippen LogP contribution in [0, 0.1) is 0 Å². The predicted octanol–water partition coefficient (Wildman–Crippen LogP) is 5.52. The van der Waals surface area contributed by atoms with Crippen LogP contribution in [0.2, 0.25) is 0 Å². The Labute approximate surface area is 139 Å². The van der Waals surface area contributed by atoms with Gasteiger partial charge in [-0.3, -0.25) is 4.89 Å². The van der Waals surface area contributed by atoms with E-state index in [1.54, 1.807) is 24.3 Å². The molecule has 0 amide bonds. The zero-order valence-electron chi connectivity index (χ0n) is 14.4. The molecule has 2 aromatic rings. The second kappa shape index (κ2) is 9.80. The minimum absolute atomic E-state index is 0.464. The summed E-state index contributed by atoms with van der Waals surface area (Å²) in [5, 5.41) is 0. The third-order valence-corrected chi connectivity index (χ3v) is 3.30. The lowest BCUT2D eigenvalue weighted by atomic mass is 9.99. The van der Waals surface area contributed by atoms with Gasteiger partial charge >= 0.3 is 5.97 Å². The molecule has 0 radical (unpaired) electrons. The Kier molecular flexibility index (Phi) is 8.06. The fourth-order valence-corrected chi connectivity index (χ4v) is 1.65. The van der Waals surface area contributed by atoms with E-state index in [9.17, 15) is 4.79 Å². The lowest BCUT2D eigenvalue weighted by Crippen LogP contribution is -2.23. The van der Waals surface area contributed by atoms with Gasteiger partial charge < -0.3 is 0 Å². The Balaban J connectivity index is 0.000000593. The van der Waals surface area contributed by atoms with E-state index in [0.717, 1.165) is 5.56 Å². The maximum Gasteiger partial charge on any atom is 0.373 e. The van der Waals surface area contributed by atoms with Crippen LogP contribution in [0.4, 0.5) is 0 Å². The minimum atomic E-state index is -0.689. The summed E-state index contributed by atoms with van der Waals surface area (Å²) >= 11 is 0. The predicted molar refractivity (Wildman–Crippen MR) is 93.0 cm³/mol. The van der Waals surface area contributed by atoms with Gasteiger partial charge in [-0.05, 0) is 31.5 Å². The topological polar surface area (TPSA) is 35.5 Å². The van der Waals surface area contributed by atoms with Gasteiger partial charge in [0, 0.05) is 0 Å². The Morgan fingerprint density at radius 1 is 0.870 bits per heavy atom. The van der Waals surface area contributed by atoms with Crippen molar-refractivity contribution in [3.8, 4) is 0 Å². The molecular formula is C20H26O3. The van der Waals surface area contributed by atoms with E-state index in [4.69, 9.17) is 9.78 Å². The van der Waals surface area contributed by atoms with Crippen molar-refractivity contribution in [3.63, 3.8) is 0 Å². The standard InChI is InChI=1S/C16H16O3.C4H10/c1-16(2,14-11-7-4-8-12-14)19-18-15(17)13-9-5-3-6-10-13;1-3-4-2/h3-12H,1-2H3;3-4H2,1-2H3. The number of unbranched alkanes of at least 4 members (excludes halogenated alkanes) is 1. The maximum atomic E-state index is 11.8. The SMILES string of the molecule is CC(C)(OOC(=O)c1ccccc1)c1ccccc1.CCCC. The summed E-state index contributed by atoms with van der Waals surface area (Å²) in [6.07, 6.45) is 2.64. The molecule has 0 spiro atoms. The van der Waals surface area contributed by atoms with Gasteiger partial charge in [-0.25, -0.2) is 4.79 Å². The van der Waals surface area contributed by atoms with Crippen LogP contribution in [0.3, 0.4) is 0 Å². The summed E-state index contributed by atoms with van der Waals surface area (Å²) in [6, 6.07) is 18.4. The zero-order chi connectivity index (χ0) is 17.1. The molecule has 0 heterocycles. The van der Waals surface area contributed by atoms with Gasteiger partial charge in [0.1, 0.15) is 5.60 Å². The highest BCUT2D eigenvalue weighted by atomic mass is 17.2. The molecule has 0 saturated heterocycles. The molecule has 0 aliphatic rings. The average Bonchev–Trinajstić information content (AvgIpc) is 2.61. The molecule has 0 aliphatic carbocycles. The van der Waals surface area contributed by atoms with E-state index >= 15 is 0 Å². The quantitative estimate of drug-likeness (QED) is 0.538. The largest absolute Gasteiger partial charge is 0.373 e. The molecule has 0 N–H and O–H groups in total. The maximum absolute atomic E-state index is 11.8. The Morgan fingerprint density at radius 2 is 1.35 bits per heavy atom. The van der Waals surface area contributed by atoms with Gasteiger partial charge in [-0.2, -0.15) is 4.89 Å². The van der Waals surface area contributed by atoms with Crippen molar-refractivity contribution in [1.29, 1.82) is 0 Å². The molecule has 0 aromatic heterocycles. The van der Waals surface area contributed by atoms with Crippen LogP contribution in [0.5, 0.6) is 0 Å². The van der Waals surface area contributed by atoms with Gasteiger partial charge in [0.25, 0.3) is 0 Å². The molecule has 0 unspecified atom stereocenters. The third-order valence-electron chi connectivity index (χ3n) is 3.30. The lowest BCUT2D eigenvalue weighted by Gasteiger charge is -2.23. The summed E-state index contributed by atoms with van der Waals surface area (Å²) in [5.41, 5.74) is 0.716. The number of hydrogen-bond donors (Lipinski definition) is 0. The van der Waals surface area contributed by atoms with E-state index < -0.39 is 11.6 Å². The first-order valence-electron chi connectivity index (χ1n) is 8.01. The van der Waals surface area contributed by atoms with Crippen molar-refractivity contribution in [2.24, 2.45) is 0 Å².